The van der Waals surface area contributed by atoms with Gasteiger partial charge in [-0.15, -0.1) is 0 Å². The van der Waals surface area contributed by atoms with Gasteiger partial charge in [0.1, 0.15) is 0 Å². The van der Waals surface area contributed by atoms with Gasteiger partial charge in [-0.2, -0.15) is 0 Å². The Morgan fingerprint density at radius 2 is 1.70 bits per heavy atom. The predicted octanol–water partition coefficient (Wildman–Crippen LogP) is -0.908. The summed E-state index contributed by atoms with van der Waals surface area (Å²) in [5.74, 6) is 0. The smallest absolute Gasteiger partial charge is 0.0539 e. The van der Waals surface area contributed by atoms with Gasteiger partial charge in [0.25, 0.3) is 0 Å². The summed E-state index contributed by atoms with van der Waals surface area (Å²) in [5.41, 5.74) is -0.167. The summed E-state index contributed by atoms with van der Waals surface area (Å²) >= 11 is 0. The Hall–Kier alpha value is -0.120. The first kappa shape index (κ1) is 6.58. The first-order valence-corrected chi connectivity index (χ1v) is 3.81. The Morgan fingerprint density at radius 1 is 1.20 bits per heavy atom. The maximum absolute atomic E-state index is 9.02. The Kier molecular flexibility index (Phi) is 1.27. The Labute approximate surface area is 60.1 Å². The summed E-state index contributed by atoms with van der Waals surface area (Å²) < 4.78 is 0. The molecule has 2 aliphatic heterocycles. The van der Waals surface area contributed by atoms with E-state index < -0.39 is 0 Å². The third-order valence-electron chi connectivity index (χ3n) is 3.12. The van der Waals surface area contributed by atoms with Gasteiger partial charge in [-0.25, -0.2) is 0 Å². The van der Waals surface area contributed by atoms with E-state index in [-0.39, 0.29) is 18.6 Å². The molecule has 1 saturated carbocycles. The van der Waals surface area contributed by atoms with Crippen LogP contribution < -0.4 is 5.32 Å². The second-order valence-corrected chi connectivity index (χ2v) is 3.40. The van der Waals surface area contributed by atoms with Gasteiger partial charge in [0, 0.05) is 17.5 Å². The van der Waals surface area contributed by atoms with Crippen LogP contribution in [0.1, 0.15) is 12.8 Å². The zero-order chi connectivity index (χ0) is 7.19. The minimum atomic E-state index is -0.167. The highest BCUT2D eigenvalue weighted by molar-refractivity contribution is 5.14. The summed E-state index contributed by atoms with van der Waals surface area (Å²) in [7, 11) is 0. The van der Waals surface area contributed by atoms with Crippen molar-refractivity contribution in [1.82, 2.24) is 5.32 Å². The first-order valence-electron chi connectivity index (χ1n) is 3.81. The van der Waals surface area contributed by atoms with Gasteiger partial charge < -0.3 is 15.5 Å². The summed E-state index contributed by atoms with van der Waals surface area (Å²) in [5, 5.41) is 21.3. The standard InChI is InChI=1S/C7H13NO2/c9-3-7(4-10)5-1-2-6(7)8-5/h5-6,8-10H,1-4H2. The molecule has 3 nitrogen and oxygen atoms in total. The van der Waals surface area contributed by atoms with E-state index in [2.05, 4.69) is 5.32 Å². The number of aliphatic hydroxyl groups excluding tert-OH is 2. The third kappa shape index (κ3) is 0.516. The number of hydrogen-bond acceptors (Lipinski definition) is 3. The molecule has 0 aromatic heterocycles. The van der Waals surface area contributed by atoms with Crippen LogP contribution in [-0.4, -0.2) is 35.5 Å². The molecule has 2 bridgehead atoms. The molecular formula is C7H13NO2. The molecular weight excluding hydrogens is 130 g/mol. The van der Waals surface area contributed by atoms with Crippen LogP contribution in [-0.2, 0) is 0 Å². The first-order chi connectivity index (χ1) is 4.83. The van der Waals surface area contributed by atoms with Crippen molar-refractivity contribution in [2.45, 2.75) is 24.9 Å². The molecule has 3 heteroatoms. The Morgan fingerprint density at radius 3 is 1.90 bits per heavy atom. The highest BCUT2D eigenvalue weighted by atomic mass is 16.3. The third-order valence-corrected chi connectivity index (χ3v) is 3.12. The molecule has 2 heterocycles. The lowest BCUT2D eigenvalue weighted by Gasteiger charge is -2.48. The molecule has 0 spiro atoms. The summed E-state index contributed by atoms with van der Waals surface area (Å²) in [4.78, 5) is 0. The van der Waals surface area contributed by atoms with Crippen LogP contribution in [0.15, 0.2) is 0 Å². The van der Waals surface area contributed by atoms with Crippen molar-refractivity contribution in [2.75, 3.05) is 13.2 Å². The number of aliphatic hydroxyl groups is 2. The van der Waals surface area contributed by atoms with Crippen molar-refractivity contribution in [3.8, 4) is 0 Å². The van der Waals surface area contributed by atoms with Crippen LogP contribution in [0.3, 0.4) is 0 Å². The van der Waals surface area contributed by atoms with Crippen molar-refractivity contribution in [2.24, 2.45) is 5.41 Å². The van der Waals surface area contributed by atoms with Gasteiger partial charge in [0.2, 0.25) is 0 Å². The van der Waals surface area contributed by atoms with Crippen molar-refractivity contribution in [3.63, 3.8) is 0 Å². The number of fused-ring (bicyclic) bond motifs is 1. The summed E-state index contributed by atoms with van der Waals surface area (Å²) in [6, 6.07) is 0.764. The zero-order valence-corrected chi connectivity index (χ0v) is 5.88. The second kappa shape index (κ2) is 1.94. The maximum Gasteiger partial charge on any atom is 0.0539 e. The lowest BCUT2D eigenvalue weighted by molar-refractivity contribution is -0.0417. The largest absolute Gasteiger partial charge is 0.396 e. The molecule has 2 atom stereocenters. The quantitative estimate of drug-likeness (QED) is 0.469. The molecule has 0 amide bonds. The van der Waals surface area contributed by atoms with Crippen molar-refractivity contribution >= 4 is 0 Å². The van der Waals surface area contributed by atoms with Crippen LogP contribution in [0.2, 0.25) is 0 Å². The predicted molar refractivity (Wildman–Crippen MR) is 36.6 cm³/mol. The number of nitrogens with one attached hydrogen (secondary N) is 1. The molecule has 10 heavy (non-hydrogen) atoms. The van der Waals surface area contributed by atoms with Crippen LogP contribution in [0, 0.1) is 5.41 Å². The van der Waals surface area contributed by atoms with Gasteiger partial charge in [0.05, 0.1) is 13.2 Å². The lowest BCUT2D eigenvalue weighted by Crippen LogP contribution is -2.67. The Bertz CT molecular complexity index is 129. The van der Waals surface area contributed by atoms with E-state index in [0.29, 0.717) is 12.1 Å². The van der Waals surface area contributed by atoms with E-state index in [0.717, 1.165) is 12.8 Å². The van der Waals surface area contributed by atoms with E-state index in [4.69, 9.17) is 10.2 Å². The number of rotatable bonds is 2. The van der Waals surface area contributed by atoms with Crippen LogP contribution in [0.25, 0.3) is 0 Å². The van der Waals surface area contributed by atoms with Crippen molar-refractivity contribution < 1.29 is 10.2 Å². The van der Waals surface area contributed by atoms with Gasteiger partial charge in [-0.05, 0) is 12.8 Å². The molecule has 3 aliphatic rings. The molecule has 0 aromatic rings. The highest BCUT2D eigenvalue weighted by Gasteiger charge is 2.58. The second-order valence-electron chi connectivity index (χ2n) is 3.40. The van der Waals surface area contributed by atoms with Gasteiger partial charge in [-0.3, -0.25) is 0 Å². The topological polar surface area (TPSA) is 52.5 Å². The van der Waals surface area contributed by atoms with Gasteiger partial charge in [-0.1, -0.05) is 0 Å². The summed E-state index contributed by atoms with van der Waals surface area (Å²) in [6.45, 7) is 0.262. The van der Waals surface area contributed by atoms with E-state index in [1.807, 2.05) is 0 Å². The minimum absolute atomic E-state index is 0.131. The normalized spacial score (nSPS) is 41.4. The molecule has 58 valence electrons. The van der Waals surface area contributed by atoms with Crippen LogP contribution >= 0.6 is 0 Å². The van der Waals surface area contributed by atoms with E-state index in [1.165, 1.54) is 0 Å². The molecule has 3 rings (SSSR count). The zero-order valence-electron chi connectivity index (χ0n) is 5.88. The summed E-state index contributed by atoms with van der Waals surface area (Å²) in [6.07, 6.45) is 2.23. The van der Waals surface area contributed by atoms with E-state index in [1.54, 1.807) is 0 Å². The fraction of sp³-hybridized carbons (Fsp3) is 1.00. The van der Waals surface area contributed by atoms with E-state index in [9.17, 15) is 0 Å². The molecule has 2 saturated heterocycles. The SMILES string of the molecule is OCC1(CO)C2CCC1N2. The van der Waals surface area contributed by atoms with Crippen LogP contribution in [0.4, 0.5) is 0 Å². The van der Waals surface area contributed by atoms with E-state index >= 15 is 0 Å². The molecule has 0 radical (unpaired) electrons. The molecule has 3 fully saturated rings. The van der Waals surface area contributed by atoms with Gasteiger partial charge in [0.15, 0.2) is 0 Å². The van der Waals surface area contributed by atoms with Gasteiger partial charge >= 0.3 is 0 Å². The molecule has 2 unspecified atom stereocenters. The van der Waals surface area contributed by atoms with Crippen LogP contribution in [0.5, 0.6) is 0 Å². The monoisotopic (exact) mass is 143 g/mol. The molecule has 1 aliphatic carbocycles. The molecule has 3 N–H and O–H groups in total. The fourth-order valence-corrected chi connectivity index (χ4v) is 2.29. The molecule has 0 aromatic carbocycles. The maximum atomic E-state index is 9.02. The average molecular weight is 143 g/mol. The lowest BCUT2D eigenvalue weighted by atomic mass is 9.74. The fourth-order valence-electron chi connectivity index (χ4n) is 2.29. The minimum Gasteiger partial charge on any atom is -0.396 e. The average Bonchev–Trinajstić information content (AvgIpc) is 2.48. The van der Waals surface area contributed by atoms with Crippen molar-refractivity contribution in [3.05, 3.63) is 0 Å². The number of hydrogen-bond donors (Lipinski definition) is 3. The van der Waals surface area contributed by atoms with Crippen molar-refractivity contribution in [1.29, 1.82) is 0 Å². The Balaban J connectivity index is 2.15. The highest BCUT2D eigenvalue weighted by Crippen LogP contribution is 2.46.